The predicted molar refractivity (Wildman–Crippen MR) is 47.3 cm³/mol. The Morgan fingerprint density at radius 3 is 2.75 bits per heavy atom. The van der Waals surface area contributed by atoms with E-state index in [1.807, 2.05) is 0 Å². The van der Waals surface area contributed by atoms with Gasteiger partial charge < -0.3 is 10.5 Å². The van der Waals surface area contributed by atoms with Crippen LogP contribution in [0.15, 0.2) is 12.1 Å². The summed E-state index contributed by atoms with van der Waals surface area (Å²) in [5, 5.41) is 0. The Hall–Kier alpha value is -1.00. The van der Waals surface area contributed by atoms with Gasteiger partial charge in [0.05, 0.1) is 10.9 Å². The minimum absolute atomic E-state index is 0.00403. The van der Waals surface area contributed by atoms with E-state index in [9.17, 15) is 9.59 Å². The molecule has 1 rings (SSSR count). The third kappa shape index (κ3) is 1.78. The van der Waals surface area contributed by atoms with Crippen molar-refractivity contribution in [1.82, 2.24) is 0 Å². The zero-order chi connectivity index (χ0) is 9.14. The maximum atomic E-state index is 10.9. The van der Waals surface area contributed by atoms with E-state index in [2.05, 4.69) is 0 Å². The molecule has 0 saturated carbocycles. The largest absolute Gasteiger partial charge is 0.317 e. The molecule has 0 aliphatic heterocycles. The summed E-state index contributed by atoms with van der Waals surface area (Å²) in [6, 6.07) is 2.80. The van der Waals surface area contributed by atoms with E-state index >= 15 is 0 Å². The second-order valence-corrected chi connectivity index (χ2v) is 3.54. The highest BCUT2D eigenvalue weighted by atomic mass is 32.1. The third-order valence-corrected chi connectivity index (χ3v) is 2.74. The van der Waals surface area contributed by atoms with Crippen LogP contribution in [0, 0.1) is 0 Å². The summed E-state index contributed by atoms with van der Waals surface area (Å²) in [4.78, 5) is 22.5. The molecule has 1 unspecified atom stereocenters. The normalized spacial score (nSPS) is 12.5. The number of hydrogen-bond acceptors (Lipinski definition) is 4. The van der Waals surface area contributed by atoms with Crippen molar-refractivity contribution in [3.05, 3.63) is 21.9 Å². The van der Waals surface area contributed by atoms with Crippen molar-refractivity contribution in [3.8, 4) is 0 Å². The molecule has 2 N–H and O–H groups in total. The lowest BCUT2D eigenvalue weighted by Crippen LogP contribution is -2.08. The van der Waals surface area contributed by atoms with Crippen LogP contribution in [0.1, 0.15) is 27.5 Å². The Morgan fingerprint density at radius 1 is 1.67 bits per heavy atom. The number of thiophene rings is 1. The fourth-order valence-electron chi connectivity index (χ4n) is 0.788. The Labute approximate surface area is 74.2 Å². The highest BCUT2D eigenvalue weighted by molar-refractivity contribution is 7.14. The fourth-order valence-corrected chi connectivity index (χ4v) is 1.65. The van der Waals surface area contributed by atoms with Gasteiger partial charge in [-0.25, -0.2) is 0 Å². The zero-order valence-electron chi connectivity index (χ0n) is 6.61. The lowest BCUT2D eigenvalue weighted by atomic mass is 10.3. The average molecular weight is 183 g/mol. The maximum Gasteiger partial charge on any atom is 0.169 e. The summed E-state index contributed by atoms with van der Waals surface area (Å²) < 4.78 is 0. The van der Waals surface area contributed by atoms with E-state index in [4.69, 9.17) is 5.73 Å². The average Bonchev–Trinajstić information content (AvgIpc) is 2.51. The van der Waals surface area contributed by atoms with Crippen molar-refractivity contribution in [1.29, 1.82) is 0 Å². The third-order valence-electron chi connectivity index (χ3n) is 1.45. The van der Waals surface area contributed by atoms with E-state index in [1.54, 1.807) is 12.1 Å². The van der Waals surface area contributed by atoms with Crippen LogP contribution in [0.4, 0.5) is 0 Å². The Balaban J connectivity index is 2.91. The van der Waals surface area contributed by atoms with E-state index < -0.39 is 6.04 Å². The van der Waals surface area contributed by atoms with Gasteiger partial charge in [-0.2, -0.15) is 0 Å². The first-order chi connectivity index (χ1) is 5.65. The van der Waals surface area contributed by atoms with E-state index in [-0.39, 0.29) is 5.78 Å². The van der Waals surface area contributed by atoms with Gasteiger partial charge in [0.1, 0.15) is 6.29 Å². The number of aldehydes is 1. The minimum Gasteiger partial charge on any atom is -0.317 e. The molecular weight excluding hydrogens is 174 g/mol. The molecule has 0 spiro atoms. The summed E-state index contributed by atoms with van der Waals surface area (Å²) in [5.74, 6) is 0.00403. The van der Waals surface area contributed by atoms with Crippen molar-refractivity contribution in [2.45, 2.75) is 13.0 Å². The van der Waals surface area contributed by atoms with E-state index in [1.165, 1.54) is 18.3 Å². The Bertz CT molecular complexity index is 306. The quantitative estimate of drug-likeness (QED) is 0.565. The lowest BCUT2D eigenvalue weighted by molar-refractivity contribution is -0.108. The minimum atomic E-state index is -0.594. The molecule has 0 bridgehead atoms. The van der Waals surface area contributed by atoms with Gasteiger partial charge in [-0.3, -0.25) is 4.79 Å². The fraction of sp³-hybridized carbons (Fsp3) is 0.250. The monoisotopic (exact) mass is 183 g/mol. The topological polar surface area (TPSA) is 60.2 Å². The summed E-state index contributed by atoms with van der Waals surface area (Å²) in [5.41, 5.74) is 5.44. The number of carbonyl (C=O) groups is 2. The number of nitrogens with two attached hydrogens (primary N) is 1. The molecule has 0 aliphatic carbocycles. The zero-order valence-corrected chi connectivity index (χ0v) is 7.43. The molecule has 0 aliphatic rings. The van der Waals surface area contributed by atoms with Crippen LogP contribution in [-0.4, -0.2) is 12.1 Å². The van der Waals surface area contributed by atoms with Gasteiger partial charge in [-0.05, 0) is 19.1 Å². The van der Waals surface area contributed by atoms with Gasteiger partial charge in [0.2, 0.25) is 0 Å². The summed E-state index contributed by atoms with van der Waals surface area (Å²) in [7, 11) is 0. The van der Waals surface area contributed by atoms with Gasteiger partial charge in [-0.15, -0.1) is 11.3 Å². The summed E-state index contributed by atoms with van der Waals surface area (Å²) in [6.45, 7) is 1.49. The van der Waals surface area contributed by atoms with Crippen molar-refractivity contribution in [3.63, 3.8) is 0 Å². The molecule has 12 heavy (non-hydrogen) atoms. The van der Waals surface area contributed by atoms with E-state index in [0.717, 1.165) is 4.88 Å². The molecule has 1 heterocycles. The number of carbonyl (C=O) groups excluding carboxylic acids is 2. The van der Waals surface area contributed by atoms with Gasteiger partial charge >= 0.3 is 0 Å². The summed E-state index contributed by atoms with van der Waals surface area (Å²) in [6.07, 6.45) is 0.662. The van der Waals surface area contributed by atoms with Crippen LogP contribution in [0.2, 0.25) is 0 Å². The predicted octanol–water partition coefficient (Wildman–Crippen LogP) is 1.15. The number of ketones is 1. The molecule has 0 radical (unpaired) electrons. The highest BCUT2D eigenvalue weighted by Crippen LogP contribution is 2.20. The highest BCUT2D eigenvalue weighted by Gasteiger charge is 2.09. The molecule has 1 aromatic heterocycles. The number of hydrogen-bond donors (Lipinski definition) is 1. The van der Waals surface area contributed by atoms with Crippen LogP contribution < -0.4 is 5.73 Å². The standard InChI is InChI=1S/C8H9NO2S/c1-5(11)7-2-3-8(12-7)6(9)4-10/h2-4,6H,9H2,1H3. The molecule has 0 amide bonds. The van der Waals surface area contributed by atoms with Crippen LogP contribution in [0.25, 0.3) is 0 Å². The van der Waals surface area contributed by atoms with Crippen LogP contribution in [-0.2, 0) is 4.79 Å². The molecule has 0 fully saturated rings. The van der Waals surface area contributed by atoms with Crippen LogP contribution >= 0.6 is 11.3 Å². The van der Waals surface area contributed by atoms with Gasteiger partial charge in [0.25, 0.3) is 0 Å². The molecular formula is C8H9NO2S. The van der Waals surface area contributed by atoms with Gasteiger partial charge in [0, 0.05) is 4.88 Å². The Morgan fingerprint density at radius 2 is 2.33 bits per heavy atom. The van der Waals surface area contributed by atoms with Crippen LogP contribution in [0.5, 0.6) is 0 Å². The lowest BCUT2D eigenvalue weighted by Gasteiger charge is -1.96. The molecule has 3 nitrogen and oxygen atoms in total. The first-order valence-electron chi connectivity index (χ1n) is 3.46. The molecule has 64 valence electrons. The maximum absolute atomic E-state index is 10.9. The van der Waals surface area contributed by atoms with E-state index in [0.29, 0.717) is 11.2 Å². The molecule has 1 aromatic rings. The molecule has 1 atom stereocenters. The first-order valence-corrected chi connectivity index (χ1v) is 4.28. The molecule has 0 aromatic carbocycles. The molecule has 0 saturated heterocycles. The SMILES string of the molecule is CC(=O)c1ccc(C(N)C=O)s1. The summed E-state index contributed by atoms with van der Waals surface area (Å²) >= 11 is 1.27. The van der Waals surface area contributed by atoms with Crippen molar-refractivity contribution in [2.24, 2.45) is 5.73 Å². The Kier molecular flexibility index (Phi) is 2.73. The van der Waals surface area contributed by atoms with Crippen molar-refractivity contribution < 1.29 is 9.59 Å². The van der Waals surface area contributed by atoms with Gasteiger partial charge in [0.15, 0.2) is 5.78 Å². The van der Waals surface area contributed by atoms with Gasteiger partial charge in [-0.1, -0.05) is 0 Å². The van der Waals surface area contributed by atoms with Crippen molar-refractivity contribution >= 4 is 23.4 Å². The smallest absolute Gasteiger partial charge is 0.169 e. The van der Waals surface area contributed by atoms with Crippen LogP contribution in [0.3, 0.4) is 0 Å². The first kappa shape index (κ1) is 9.09. The second kappa shape index (κ2) is 3.60. The number of rotatable bonds is 3. The second-order valence-electron chi connectivity index (χ2n) is 2.42. The molecule has 4 heteroatoms. The van der Waals surface area contributed by atoms with Crippen molar-refractivity contribution in [2.75, 3.05) is 0 Å². The number of Topliss-reactive ketones (excluding diaryl/α,β-unsaturated/α-hetero) is 1.